The van der Waals surface area contributed by atoms with E-state index < -0.39 is 17.8 Å². The fourth-order valence-electron chi connectivity index (χ4n) is 1.30. The summed E-state index contributed by atoms with van der Waals surface area (Å²) in [5, 5.41) is 9.10. The van der Waals surface area contributed by atoms with Crippen LogP contribution in [0.2, 0.25) is 0 Å². The second-order valence-corrected chi connectivity index (χ2v) is 4.61. The molecule has 0 radical (unpaired) electrons. The molecule has 0 spiro atoms. The standard InChI is InChI=1S/C11H7F3N2O2S/c12-11(13,14)8-3-6(4-15-8)1-2-9-16-5-7(19-9)10(17)18/h1-5,15H,(H,17,18)/b2-1+. The van der Waals surface area contributed by atoms with E-state index in [2.05, 4.69) is 9.97 Å². The molecular weight excluding hydrogens is 281 g/mol. The molecule has 0 atom stereocenters. The van der Waals surface area contributed by atoms with Gasteiger partial charge in [-0.05, 0) is 17.7 Å². The van der Waals surface area contributed by atoms with Crippen LogP contribution in [0.4, 0.5) is 13.2 Å². The molecule has 0 fully saturated rings. The number of carboxylic acids is 1. The topological polar surface area (TPSA) is 66.0 Å². The fourth-order valence-corrected chi connectivity index (χ4v) is 1.96. The molecule has 4 nitrogen and oxygen atoms in total. The molecule has 0 unspecified atom stereocenters. The van der Waals surface area contributed by atoms with Crippen molar-refractivity contribution in [2.24, 2.45) is 0 Å². The maximum Gasteiger partial charge on any atom is 0.431 e. The molecule has 0 bridgehead atoms. The Hall–Kier alpha value is -2.09. The van der Waals surface area contributed by atoms with Gasteiger partial charge >= 0.3 is 12.1 Å². The van der Waals surface area contributed by atoms with E-state index in [1.165, 1.54) is 24.5 Å². The Morgan fingerprint density at radius 2 is 2.16 bits per heavy atom. The Labute approximate surface area is 109 Å². The molecule has 2 aromatic rings. The first kappa shape index (κ1) is 13.3. The average molecular weight is 288 g/mol. The molecule has 0 aliphatic carbocycles. The highest BCUT2D eigenvalue weighted by Crippen LogP contribution is 2.29. The Balaban J connectivity index is 2.14. The van der Waals surface area contributed by atoms with Gasteiger partial charge in [-0.2, -0.15) is 13.2 Å². The van der Waals surface area contributed by atoms with Gasteiger partial charge in [0.15, 0.2) is 0 Å². The molecule has 0 aromatic carbocycles. The van der Waals surface area contributed by atoms with E-state index >= 15 is 0 Å². The Kier molecular flexibility index (Phi) is 3.43. The van der Waals surface area contributed by atoms with E-state index in [4.69, 9.17) is 5.11 Å². The lowest BCUT2D eigenvalue weighted by atomic mass is 10.3. The van der Waals surface area contributed by atoms with E-state index in [-0.39, 0.29) is 4.88 Å². The first-order chi connectivity index (χ1) is 8.86. The first-order valence-electron chi connectivity index (χ1n) is 4.99. The zero-order chi connectivity index (χ0) is 14.0. The second kappa shape index (κ2) is 4.88. The van der Waals surface area contributed by atoms with Crippen molar-refractivity contribution in [3.05, 3.63) is 39.6 Å². The molecule has 2 heterocycles. The Bertz CT molecular complexity index is 628. The molecule has 2 aromatic heterocycles. The Morgan fingerprint density at radius 3 is 2.68 bits per heavy atom. The number of hydrogen-bond acceptors (Lipinski definition) is 3. The number of nitrogens with one attached hydrogen (secondary N) is 1. The van der Waals surface area contributed by atoms with Gasteiger partial charge in [-0.15, -0.1) is 11.3 Å². The zero-order valence-corrected chi connectivity index (χ0v) is 10.0. The summed E-state index contributed by atoms with van der Waals surface area (Å²) in [6.45, 7) is 0. The number of carbonyl (C=O) groups is 1. The van der Waals surface area contributed by atoms with Crippen molar-refractivity contribution in [3.8, 4) is 0 Å². The predicted molar refractivity (Wildman–Crippen MR) is 63.8 cm³/mol. The summed E-state index contributed by atoms with van der Waals surface area (Å²) >= 11 is 0.943. The Morgan fingerprint density at radius 1 is 1.42 bits per heavy atom. The van der Waals surface area contributed by atoms with Crippen LogP contribution >= 0.6 is 11.3 Å². The summed E-state index contributed by atoms with van der Waals surface area (Å²) in [6, 6.07) is 0.961. The summed E-state index contributed by atoms with van der Waals surface area (Å²) in [5.74, 6) is -1.09. The van der Waals surface area contributed by atoms with E-state index in [9.17, 15) is 18.0 Å². The normalized spacial score (nSPS) is 12.2. The van der Waals surface area contributed by atoms with Crippen molar-refractivity contribution < 1.29 is 23.1 Å². The highest BCUT2D eigenvalue weighted by molar-refractivity contribution is 7.14. The summed E-state index contributed by atoms with van der Waals surface area (Å²) in [7, 11) is 0. The van der Waals surface area contributed by atoms with Crippen molar-refractivity contribution in [1.29, 1.82) is 0 Å². The van der Waals surface area contributed by atoms with Crippen LogP contribution in [-0.2, 0) is 6.18 Å². The van der Waals surface area contributed by atoms with Gasteiger partial charge in [-0.25, -0.2) is 9.78 Å². The van der Waals surface area contributed by atoms with Crippen molar-refractivity contribution >= 4 is 29.5 Å². The van der Waals surface area contributed by atoms with Crippen molar-refractivity contribution in [1.82, 2.24) is 9.97 Å². The molecule has 2 N–H and O–H groups in total. The highest BCUT2D eigenvalue weighted by Gasteiger charge is 2.31. The lowest BCUT2D eigenvalue weighted by molar-refractivity contribution is -0.140. The van der Waals surface area contributed by atoms with E-state index in [0.717, 1.165) is 17.4 Å². The first-order valence-corrected chi connectivity index (χ1v) is 5.81. The number of hydrogen-bond donors (Lipinski definition) is 2. The summed E-state index contributed by atoms with van der Waals surface area (Å²) < 4.78 is 37.0. The number of alkyl halides is 3. The van der Waals surface area contributed by atoms with E-state index in [0.29, 0.717) is 10.6 Å². The molecule has 2 rings (SSSR count). The van der Waals surface area contributed by atoms with Gasteiger partial charge < -0.3 is 10.1 Å². The van der Waals surface area contributed by atoms with Crippen LogP contribution in [0.5, 0.6) is 0 Å². The van der Waals surface area contributed by atoms with E-state index in [1.54, 1.807) is 0 Å². The number of nitrogens with zero attached hydrogens (tertiary/aromatic N) is 1. The van der Waals surface area contributed by atoms with Crippen LogP contribution < -0.4 is 0 Å². The number of aromatic nitrogens is 2. The maximum atomic E-state index is 12.3. The number of carboxylic acid groups (broad SMARTS) is 1. The van der Waals surface area contributed by atoms with Crippen LogP contribution in [0.3, 0.4) is 0 Å². The van der Waals surface area contributed by atoms with Crippen LogP contribution in [0.15, 0.2) is 18.5 Å². The number of aromatic carboxylic acids is 1. The summed E-state index contributed by atoms with van der Waals surface area (Å²) in [4.78, 5) is 16.6. The van der Waals surface area contributed by atoms with Gasteiger partial charge in [0.05, 0.1) is 6.20 Å². The number of H-pyrrole nitrogens is 1. The minimum atomic E-state index is -4.41. The van der Waals surface area contributed by atoms with Gasteiger partial charge in [-0.3, -0.25) is 0 Å². The molecule has 19 heavy (non-hydrogen) atoms. The van der Waals surface area contributed by atoms with Gasteiger partial charge in [0, 0.05) is 6.20 Å². The van der Waals surface area contributed by atoms with Crippen molar-refractivity contribution in [2.75, 3.05) is 0 Å². The molecule has 0 saturated heterocycles. The molecule has 8 heteroatoms. The van der Waals surface area contributed by atoms with Gasteiger partial charge in [0.2, 0.25) is 0 Å². The smallest absolute Gasteiger partial charge is 0.431 e. The van der Waals surface area contributed by atoms with Crippen LogP contribution in [0.25, 0.3) is 12.2 Å². The second-order valence-electron chi connectivity index (χ2n) is 3.55. The third kappa shape index (κ3) is 3.22. The van der Waals surface area contributed by atoms with Gasteiger partial charge in [0.25, 0.3) is 0 Å². The number of aromatic amines is 1. The van der Waals surface area contributed by atoms with E-state index in [1.807, 2.05) is 0 Å². The minimum absolute atomic E-state index is 0.0738. The van der Waals surface area contributed by atoms with Gasteiger partial charge in [-0.1, -0.05) is 6.08 Å². The highest BCUT2D eigenvalue weighted by atomic mass is 32.1. The largest absolute Gasteiger partial charge is 0.477 e. The van der Waals surface area contributed by atoms with Crippen LogP contribution in [0.1, 0.15) is 25.9 Å². The van der Waals surface area contributed by atoms with Crippen molar-refractivity contribution in [3.63, 3.8) is 0 Å². The van der Waals surface area contributed by atoms with Crippen LogP contribution in [-0.4, -0.2) is 21.0 Å². The number of rotatable bonds is 3. The minimum Gasteiger partial charge on any atom is -0.477 e. The molecule has 0 amide bonds. The van der Waals surface area contributed by atoms with Gasteiger partial charge in [0.1, 0.15) is 15.6 Å². The summed E-state index contributed by atoms with van der Waals surface area (Å²) in [5.41, 5.74) is -0.503. The molecule has 0 saturated carbocycles. The molecule has 0 aliphatic heterocycles. The molecule has 100 valence electrons. The summed E-state index contributed by atoms with van der Waals surface area (Å²) in [6.07, 6.45) is 0.885. The average Bonchev–Trinajstić information content (AvgIpc) is 2.95. The third-order valence-corrected chi connectivity index (χ3v) is 3.11. The number of halogens is 3. The van der Waals surface area contributed by atoms with Crippen molar-refractivity contribution in [2.45, 2.75) is 6.18 Å². The quantitative estimate of drug-likeness (QED) is 0.910. The predicted octanol–water partition coefficient (Wildman–Crippen LogP) is 3.36. The third-order valence-electron chi connectivity index (χ3n) is 2.16. The number of thiazole rings is 1. The maximum absolute atomic E-state index is 12.3. The lowest BCUT2D eigenvalue weighted by Crippen LogP contribution is -2.04. The zero-order valence-electron chi connectivity index (χ0n) is 9.23. The fraction of sp³-hybridized carbons (Fsp3) is 0.0909. The lowest BCUT2D eigenvalue weighted by Gasteiger charge is -2.00. The monoisotopic (exact) mass is 288 g/mol. The molecular formula is C11H7F3N2O2S. The van der Waals surface area contributed by atoms with Crippen LogP contribution in [0, 0.1) is 0 Å². The SMILES string of the molecule is O=C(O)c1cnc(/C=C/c2c[nH]c(C(F)(F)F)c2)s1. The molecule has 0 aliphatic rings.